The first-order valence-electron chi connectivity index (χ1n) is 10.6. The van der Waals surface area contributed by atoms with Crippen LogP contribution >= 0.6 is 0 Å². The molecule has 1 fully saturated rings. The van der Waals surface area contributed by atoms with Gasteiger partial charge in [-0.2, -0.15) is 0 Å². The summed E-state index contributed by atoms with van der Waals surface area (Å²) >= 11 is 0. The number of aromatic carboxylic acids is 1. The fraction of sp³-hybridized carbons (Fsp3) is 0.417. The summed E-state index contributed by atoms with van der Waals surface area (Å²) in [6, 6.07) is 11.1. The molecule has 1 saturated heterocycles. The van der Waals surface area contributed by atoms with Crippen LogP contribution in [0.3, 0.4) is 0 Å². The fourth-order valence-electron chi connectivity index (χ4n) is 4.49. The molecule has 1 heterocycles. The summed E-state index contributed by atoms with van der Waals surface area (Å²) in [6.45, 7) is 3.84. The molecular weight excluding hydrogens is 383 g/mol. The molecule has 0 bridgehead atoms. The summed E-state index contributed by atoms with van der Waals surface area (Å²) in [6.07, 6.45) is 4.83. The first-order valence-corrected chi connectivity index (χ1v) is 10.6. The minimum atomic E-state index is -1.03. The highest BCUT2D eigenvalue weighted by Gasteiger charge is 2.32. The summed E-state index contributed by atoms with van der Waals surface area (Å²) < 4.78 is 14.3. The molecule has 2 atom stereocenters. The number of carbonyl (C=O) groups is 2. The van der Waals surface area contributed by atoms with Crippen molar-refractivity contribution in [2.45, 2.75) is 50.9 Å². The molecule has 2 aromatic carbocycles. The highest BCUT2D eigenvalue weighted by Crippen LogP contribution is 2.41. The number of nitrogens with zero attached hydrogens (tertiary/aromatic N) is 1. The van der Waals surface area contributed by atoms with Crippen LogP contribution < -0.4 is 10.6 Å². The minimum absolute atomic E-state index is 0.147. The van der Waals surface area contributed by atoms with Crippen molar-refractivity contribution in [2.24, 2.45) is 5.73 Å². The van der Waals surface area contributed by atoms with Crippen molar-refractivity contribution >= 4 is 17.6 Å². The van der Waals surface area contributed by atoms with Crippen LogP contribution in [0.2, 0.25) is 0 Å². The standard InChI is InChI=1S/C24H29FN2O3/c1-2-6-19(22(23(26)28)16-7-9-17(10-8-16)24(29)30)20-15-18(25)11-12-21(20)27-13-4-3-5-14-27/h7-12,15,19,22H,2-6,13-14H2,1H3,(H2,26,28)(H,29,30). The van der Waals surface area contributed by atoms with Gasteiger partial charge in [-0.1, -0.05) is 25.5 Å². The number of rotatable bonds is 8. The number of benzene rings is 2. The second-order valence-corrected chi connectivity index (χ2v) is 7.95. The summed E-state index contributed by atoms with van der Waals surface area (Å²) in [5.41, 5.74) is 8.40. The topological polar surface area (TPSA) is 83.6 Å². The molecule has 0 saturated carbocycles. The maximum atomic E-state index is 14.3. The van der Waals surface area contributed by atoms with Gasteiger partial charge in [-0.05, 0) is 67.1 Å². The van der Waals surface area contributed by atoms with E-state index in [0.717, 1.165) is 43.6 Å². The minimum Gasteiger partial charge on any atom is -0.478 e. The van der Waals surface area contributed by atoms with Gasteiger partial charge in [-0.15, -0.1) is 0 Å². The molecule has 0 aliphatic carbocycles. The monoisotopic (exact) mass is 412 g/mol. The largest absolute Gasteiger partial charge is 0.478 e. The van der Waals surface area contributed by atoms with E-state index in [2.05, 4.69) is 4.90 Å². The first-order chi connectivity index (χ1) is 14.4. The second kappa shape index (κ2) is 9.74. The van der Waals surface area contributed by atoms with Gasteiger partial charge in [0.25, 0.3) is 0 Å². The number of hydrogen-bond donors (Lipinski definition) is 2. The number of nitrogens with two attached hydrogens (primary N) is 1. The van der Waals surface area contributed by atoms with Crippen molar-refractivity contribution in [3.63, 3.8) is 0 Å². The van der Waals surface area contributed by atoms with E-state index in [-0.39, 0.29) is 17.3 Å². The third-order valence-electron chi connectivity index (χ3n) is 5.91. The average molecular weight is 413 g/mol. The first kappa shape index (κ1) is 21.8. The lowest BCUT2D eigenvalue weighted by molar-refractivity contribution is -0.120. The Morgan fingerprint density at radius 1 is 1.10 bits per heavy atom. The number of carbonyl (C=O) groups excluding carboxylic acids is 1. The Bertz CT molecular complexity index is 892. The van der Waals surface area contributed by atoms with Crippen LogP contribution in [0.15, 0.2) is 42.5 Å². The Kier molecular flexibility index (Phi) is 7.08. The fourth-order valence-corrected chi connectivity index (χ4v) is 4.49. The third kappa shape index (κ3) is 4.81. The summed E-state index contributed by atoms with van der Waals surface area (Å²) in [5.74, 6) is -2.82. The molecule has 2 aromatic rings. The number of primary amides is 1. The van der Waals surface area contributed by atoms with E-state index in [1.807, 2.05) is 13.0 Å². The Balaban J connectivity index is 2.07. The van der Waals surface area contributed by atoms with Crippen LogP contribution in [0, 0.1) is 5.82 Å². The highest BCUT2D eigenvalue weighted by molar-refractivity contribution is 5.88. The predicted molar refractivity (Wildman–Crippen MR) is 115 cm³/mol. The molecule has 0 aromatic heterocycles. The van der Waals surface area contributed by atoms with Gasteiger partial charge in [0.15, 0.2) is 0 Å². The van der Waals surface area contributed by atoms with Gasteiger partial charge in [0, 0.05) is 24.7 Å². The van der Waals surface area contributed by atoms with Gasteiger partial charge >= 0.3 is 5.97 Å². The van der Waals surface area contributed by atoms with E-state index in [4.69, 9.17) is 10.8 Å². The maximum Gasteiger partial charge on any atom is 0.335 e. The lowest BCUT2D eigenvalue weighted by atomic mass is 9.77. The van der Waals surface area contributed by atoms with Gasteiger partial charge in [-0.3, -0.25) is 4.79 Å². The number of halogens is 1. The Morgan fingerprint density at radius 2 is 1.77 bits per heavy atom. The summed E-state index contributed by atoms with van der Waals surface area (Å²) in [4.78, 5) is 26.0. The lowest BCUT2D eigenvalue weighted by Crippen LogP contribution is -2.32. The van der Waals surface area contributed by atoms with Gasteiger partial charge in [0.05, 0.1) is 11.5 Å². The number of amides is 1. The van der Waals surface area contributed by atoms with E-state index in [1.54, 1.807) is 12.1 Å². The summed E-state index contributed by atoms with van der Waals surface area (Å²) in [5, 5.41) is 9.17. The van der Waals surface area contributed by atoms with E-state index in [1.165, 1.54) is 30.7 Å². The number of anilines is 1. The molecule has 1 aliphatic rings. The zero-order chi connectivity index (χ0) is 21.7. The number of carboxylic acids is 1. The van der Waals surface area contributed by atoms with Crippen molar-refractivity contribution < 1.29 is 19.1 Å². The highest BCUT2D eigenvalue weighted by atomic mass is 19.1. The second-order valence-electron chi connectivity index (χ2n) is 7.95. The van der Waals surface area contributed by atoms with Gasteiger partial charge in [-0.25, -0.2) is 9.18 Å². The smallest absolute Gasteiger partial charge is 0.335 e. The number of hydrogen-bond acceptors (Lipinski definition) is 3. The number of carboxylic acid groups (broad SMARTS) is 1. The molecule has 1 amide bonds. The summed E-state index contributed by atoms with van der Waals surface area (Å²) in [7, 11) is 0. The quantitative estimate of drug-likeness (QED) is 0.660. The molecule has 5 nitrogen and oxygen atoms in total. The molecule has 6 heteroatoms. The van der Waals surface area contributed by atoms with E-state index in [0.29, 0.717) is 12.0 Å². The Hall–Kier alpha value is -2.89. The van der Waals surface area contributed by atoms with Gasteiger partial charge in [0.2, 0.25) is 5.91 Å². The van der Waals surface area contributed by atoms with E-state index >= 15 is 0 Å². The van der Waals surface area contributed by atoms with Crippen LogP contribution in [-0.4, -0.2) is 30.1 Å². The SMILES string of the molecule is CCCC(c1cc(F)ccc1N1CCCCC1)C(C(N)=O)c1ccc(C(=O)O)cc1. The zero-order valence-electron chi connectivity index (χ0n) is 17.3. The average Bonchev–Trinajstić information content (AvgIpc) is 2.74. The van der Waals surface area contributed by atoms with Crippen molar-refractivity contribution in [1.29, 1.82) is 0 Å². The van der Waals surface area contributed by atoms with Gasteiger partial charge in [0.1, 0.15) is 5.82 Å². The molecule has 0 spiro atoms. The van der Waals surface area contributed by atoms with E-state index < -0.39 is 17.8 Å². The zero-order valence-corrected chi connectivity index (χ0v) is 17.3. The van der Waals surface area contributed by atoms with Gasteiger partial charge < -0.3 is 15.7 Å². The van der Waals surface area contributed by atoms with Crippen molar-refractivity contribution in [3.8, 4) is 0 Å². The molecule has 2 unspecified atom stereocenters. The molecule has 1 aliphatic heterocycles. The predicted octanol–water partition coefficient (Wildman–Crippen LogP) is 4.67. The van der Waals surface area contributed by atoms with Crippen LogP contribution in [0.5, 0.6) is 0 Å². The number of piperidine rings is 1. The molecule has 0 radical (unpaired) electrons. The van der Waals surface area contributed by atoms with Crippen LogP contribution in [-0.2, 0) is 4.79 Å². The lowest BCUT2D eigenvalue weighted by Gasteiger charge is -2.34. The molecular formula is C24H29FN2O3. The Morgan fingerprint density at radius 3 is 2.33 bits per heavy atom. The third-order valence-corrected chi connectivity index (χ3v) is 5.91. The van der Waals surface area contributed by atoms with Crippen LogP contribution in [0.25, 0.3) is 0 Å². The molecule has 30 heavy (non-hydrogen) atoms. The molecule has 3 rings (SSSR count). The van der Waals surface area contributed by atoms with Crippen molar-refractivity contribution in [1.82, 2.24) is 0 Å². The maximum absolute atomic E-state index is 14.3. The van der Waals surface area contributed by atoms with Crippen LogP contribution in [0.1, 0.15) is 72.3 Å². The Labute approximate surface area is 176 Å². The van der Waals surface area contributed by atoms with Crippen molar-refractivity contribution in [3.05, 3.63) is 65.0 Å². The van der Waals surface area contributed by atoms with Crippen molar-refractivity contribution in [2.75, 3.05) is 18.0 Å². The van der Waals surface area contributed by atoms with Crippen LogP contribution in [0.4, 0.5) is 10.1 Å². The molecule has 160 valence electrons. The molecule has 3 N–H and O–H groups in total. The normalized spacial score (nSPS) is 16.1. The van der Waals surface area contributed by atoms with E-state index in [9.17, 15) is 14.0 Å².